The highest BCUT2D eigenvalue weighted by Crippen LogP contribution is 2.29. The third kappa shape index (κ3) is 3.53. The van der Waals surface area contributed by atoms with Crippen LogP contribution < -0.4 is 5.32 Å². The summed E-state index contributed by atoms with van der Waals surface area (Å²) in [5, 5.41) is 2.69. The molecule has 0 saturated heterocycles. The summed E-state index contributed by atoms with van der Waals surface area (Å²) in [7, 11) is 0. The van der Waals surface area contributed by atoms with E-state index >= 15 is 0 Å². The number of carbonyl (C=O) groups is 1. The Bertz CT molecular complexity index is 467. The molecule has 0 heterocycles. The van der Waals surface area contributed by atoms with Crippen molar-refractivity contribution in [1.29, 1.82) is 0 Å². The van der Waals surface area contributed by atoms with Crippen LogP contribution in [0.2, 0.25) is 0 Å². The Morgan fingerprint density at radius 2 is 2.05 bits per heavy atom. The van der Waals surface area contributed by atoms with E-state index in [-0.39, 0.29) is 5.56 Å². The molecule has 0 spiro atoms. The summed E-state index contributed by atoms with van der Waals surface area (Å²) in [4.78, 5) is 12.2. The fourth-order valence-electron chi connectivity index (χ4n) is 2.39. The lowest BCUT2D eigenvalue weighted by molar-refractivity contribution is 0.0939. The van der Waals surface area contributed by atoms with Gasteiger partial charge in [-0.1, -0.05) is 34.8 Å². The highest BCUT2D eigenvalue weighted by Gasteiger charge is 2.24. The molecule has 1 fully saturated rings. The SMILES string of the molecule is O=C(NCC1CCCCC1Br)c1cccc(F)c1F. The Kier molecular flexibility index (Phi) is 4.91. The molecule has 104 valence electrons. The lowest BCUT2D eigenvalue weighted by Gasteiger charge is -2.27. The normalized spacial score (nSPS) is 23.1. The summed E-state index contributed by atoms with van der Waals surface area (Å²) in [6.45, 7) is 0.491. The summed E-state index contributed by atoms with van der Waals surface area (Å²) in [5.74, 6) is -2.28. The van der Waals surface area contributed by atoms with Crippen LogP contribution in [-0.4, -0.2) is 17.3 Å². The largest absolute Gasteiger partial charge is 0.352 e. The van der Waals surface area contributed by atoms with E-state index in [9.17, 15) is 13.6 Å². The molecule has 19 heavy (non-hydrogen) atoms. The zero-order valence-electron chi connectivity index (χ0n) is 10.5. The van der Waals surface area contributed by atoms with E-state index in [4.69, 9.17) is 0 Å². The molecule has 1 amide bonds. The van der Waals surface area contributed by atoms with Crippen LogP contribution in [0.4, 0.5) is 8.78 Å². The summed E-state index contributed by atoms with van der Waals surface area (Å²) < 4.78 is 26.5. The van der Waals surface area contributed by atoms with Crippen LogP contribution in [0, 0.1) is 17.6 Å². The van der Waals surface area contributed by atoms with E-state index < -0.39 is 17.5 Å². The minimum Gasteiger partial charge on any atom is -0.352 e. The van der Waals surface area contributed by atoms with Gasteiger partial charge < -0.3 is 5.32 Å². The quantitative estimate of drug-likeness (QED) is 0.841. The van der Waals surface area contributed by atoms with E-state index in [1.807, 2.05) is 0 Å². The summed E-state index contributed by atoms with van der Waals surface area (Å²) in [5.41, 5.74) is -0.234. The van der Waals surface area contributed by atoms with Gasteiger partial charge in [-0.2, -0.15) is 0 Å². The topological polar surface area (TPSA) is 29.1 Å². The number of benzene rings is 1. The van der Waals surface area contributed by atoms with Gasteiger partial charge >= 0.3 is 0 Å². The van der Waals surface area contributed by atoms with Gasteiger partial charge in [0.1, 0.15) is 0 Å². The molecule has 0 aliphatic heterocycles. The third-order valence-corrected chi connectivity index (χ3v) is 4.74. The van der Waals surface area contributed by atoms with Crippen LogP contribution in [0.25, 0.3) is 0 Å². The minimum absolute atomic E-state index is 0.234. The van der Waals surface area contributed by atoms with Gasteiger partial charge in [0.25, 0.3) is 5.91 Å². The van der Waals surface area contributed by atoms with Crippen molar-refractivity contribution < 1.29 is 13.6 Å². The van der Waals surface area contributed by atoms with Crippen molar-refractivity contribution in [3.05, 3.63) is 35.4 Å². The Morgan fingerprint density at radius 3 is 2.79 bits per heavy atom. The average molecular weight is 332 g/mol. The Morgan fingerprint density at radius 1 is 1.32 bits per heavy atom. The van der Waals surface area contributed by atoms with Gasteiger partial charge in [-0.15, -0.1) is 0 Å². The zero-order valence-corrected chi connectivity index (χ0v) is 12.1. The molecule has 1 aliphatic rings. The fourth-order valence-corrected chi connectivity index (χ4v) is 3.17. The Balaban J connectivity index is 1.95. The van der Waals surface area contributed by atoms with Crippen molar-refractivity contribution in [3.63, 3.8) is 0 Å². The number of hydrogen-bond acceptors (Lipinski definition) is 1. The van der Waals surface area contributed by atoms with Crippen molar-refractivity contribution in [2.45, 2.75) is 30.5 Å². The highest BCUT2D eigenvalue weighted by molar-refractivity contribution is 9.09. The molecule has 2 nitrogen and oxygen atoms in total. The summed E-state index contributed by atoms with van der Waals surface area (Å²) >= 11 is 3.60. The second-order valence-electron chi connectivity index (χ2n) is 4.87. The van der Waals surface area contributed by atoms with Gasteiger partial charge in [0.05, 0.1) is 5.56 Å². The third-order valence-electron chi connectivity index (χ3n) is 3.54. The number of carbonyl (C=O) groups excluding carboxylic acids is 1. The van der Waals surface area contributed by atoms with Gasteiger partial charge in [-0.05, 0) is 30.9 Å². The molecule has 2 unspecified atom stereocenters. The first-order valence-electron chi connectivity index (χ1n) is 6.46. The first-order valence-corrected chi connectivity index (χ1v) is 7.37. The molecular weight excluding hydrogens is 316 g/mol. The smallest absolute Gasteiger partial charge is 0.254 e. The van der Waals surface area contributed by atoms with Gasteiger partial charge in [-0.3, -0.25) is 4.79 Å². The predicted molar refractivity (Wildman–Crippen MR) is 73.4 cm³/mol. The molecule has 1 aromatic carbocycles. The molecule has 5 heteroatoms. The van der Waals surface area contributed by atoms with E-state index in [1.54, 1.807) is 0 Å². The lowest BCUT2D eigenvalue weighted by Crippen LogP contribution is -2.35. The van der Waals surface area contributed by atoms with Crippen molar-refractivity contribution in [3.8, 4) is 0 Å². The van der Waals surface area contributed by atoms with Crippen molar-refractivity contribution in [1.82, 2.24) is 5.32 Å². The van der Waals surface area contributed by atoms with Crippen molar-refractivity contribution >= 4 is 21.8 Å². The second kappa shape index (κ2) is 6.46. The number of nitrogens with one attached hydrogen (secondary N) is 1. The number of amides is 1. The molecule has 2 rings (SSSR count). The number of rotatable bonds is 3. The monoisotopic (exact) mass is 331 g/mol. The van der Waals surface area contributed by atoms with Crippen LogP contribution in [-0.2, 0) is 0 Å². The first kappa shape index (κ1) is 14.4. The van der Waals surface area contributed by atoms with Crippen molar-refractivity contribution in [2.24, 2.45) is 5.92 Å². The standard InChI is InChI=1S/C14H16BrF2NO/c15-11-6-2-1-4-9(11)8-18-14(19)10-5-3-7-12(16)13(10)17/h3,5,7,9,11H,1-2,4,6,8H2,(H,18,19). The molecule has 0 aromatic heterocycles. The van der Waals surface area contributed by atoms with E-state index in [2.05, 4.69) is 21.2 Å². The molecule has 1 N–H and O–H groups in total. The predicted octanol–water partition coefficient (Wildman–Crippen LogP) is 3.65. The van der Waals surface area contributed by atoms with E-state index in [0.29, 0.717) is 17.3 Å². The van der Waals surface area contributed by atoms with Gasteiger partial charge in [-0.25, -0.2) is 8.78 Å². The van der Waals surface area contributed by atoms with Crippen LogP contribution in [0.15, 0.2) is 18.2 Å². The zero-order chi connectivity index (χ0) is 13.8. The minimum atomic E-state index is -1.08. The summed E-state index contributed by atoms with van der Waals surface area (Å²) in [6, 6.07) is 3.63. The number of hydrogen-bond donors (Lipinski definition) is 1. The Hall–Kier alpha value is -0.970. The first-order chi connectivity index (χ1) is 9.09. The van der Waals surface area contributed by atoms with Crippen LogP contribution >= 0.6 is 15.9 Å². The highest BCUT2D eigenvalue weighted by atomic mass is 79.9. The molecule has 0 radical (unpaired) electrons. The van der Waals surface area contributed by atoms with Gasteiger partial charge in [0.2, 0.25) is 0 Å². The van der Waals surface area contributed by atoms with E-state index in [0.717, 1.165) is 25.3 Å². The number of alkyl halides is 1. The molecule has 1 aromatic rings. The maximum atomic E-state index is 13.4. The molecule has 1 saturated carbocycles. The Labute approximate surface area is 119 Å². The summed E-state index contributed by atoms with van der Waals surface area (Å²) in [6.07, 6.45) is 4.48. The average Bonchev–Trinajstić information content (AvgIpc) is 2.40. The van der Waals surface area contributed by atoms with Gasteiger partial charge in [0.15, 0.2) is 11.6 Å². The van der Waals surface area contributed by atoms with Gasteiger partial charge in [0, 0.05) is 11.4 Å². The fraction of sp³-hybridized carbons (Fsp3) is 0.500. The van der Waals surface area contributed by atoms with Crippen molar-refractivity contribution in [2.75, 3.05) is 6.54 Å². The van der Waals surface area contributed by atoms with Crippen LogP contribution in [0.3, 0.4) is 0 Å². The molecule has 0 bridgehead atoms. The molecule has 1 aliphatic carbocycles. The second-order valence-corrected chi connectivity index (χ2v) is 6.05. The molecule has 2 atom stereocenters. The maximum Gasteiger partial charge on any atom is 0.254 e. The lowest BCUT2D eigenvalue weighted by atomic mass is 9.89. The maximum absolute atomic E-state index is 13.4. The molecular formula is C14H16BrF2NO. The number of halogens is 3. The van der Waals surface area contributed by atoms with E-state index in [1.165, 1.54) is 18.6 Å². The van der Waals surface area contributed by atoms with Crippen LogP contribution in [0.1, 0.15) is 36.0 Å². The van der Waals surface area contributed by atoms with Crippen LogP contribution in [0.5, 0.6) is 0 Å².